The van der Waals surface area contributed by atoms with Crippen molar-refractivity contribution < 1.29 is 5.11 Å². The molecule has 1 aliphatic heterocycles. The molecule has 0 saturated heterocycles. The van der Waals surface area contributed by atoms with Gasteiger partial charge >= 0.3 is 0 Å². The topological polar surface area (TPSA) is 35.8 Å². The van der Waals surface area contributed by atoms with Crippen LogP contribution in [0.4, 0.5) is 0 Å². The van der Waals surface area contributed by atoms with Crippen LogP contribution in [0.3, 0.4) is 0 Å². The molecule has 1 N–H and O–H groups in total. The molecule has 0 saturated carbocycles. The molecule has 1 aliphatic rings. The van der Waals surface area contributed by atoms with Gasteiger partial charge < -0.3 is 5.11 Å². The summed E-state index contributed by atoms with van der Waals surface area (Å²) in [5.41, 5.74) is 0. The summed E-state index contributed by atoms with van der Waals surface area (Å²) in [4.78, 5) is 6.80. The molecule has 0 spiro atoms. The minimum absolute atomic E-state index is 0.246. The first-order chi connectivity index (χ1) is 11.9. The second kappa shape index (κ2) is 15.8. The Morgan fingerprint density at radius 1 is 0.958 bits per heavy atom. The van der Waals surface area contributed by atoms with Gasteiger partial charge in [-0.25, -0.2) is 0 Å². The van der Waals surface area contributed by atoms with E-state index in [9.17, 15) is 0 Å². The molecule has 24 heavy (non-hydrogen) atoms. The minimum Gasteiger partial charge on any atom is -0.395 e. The highest BCUT2D eigenvalue weighted by atomic mass is 16.3. The molecule has 140 valence electrons. The summed E-state index contributed by atoms with van der Waals surface area (Å²) in [7, 11) is 0. The van der Waals surface area contributed by atoms with Crippen molar-refractivity contribution in [2.24, 2.45) is 4.99 Å². The van der Waals surface area contributed by atoms with E-state index in [1.165, 1.54) is 77.0 Å². The van der Waals surface area contributed by atoms with Gasteiger partial charge in [0.2, 0.25) is 0 Å². The van der Waals surface area contributed by atoms with Crippen LogP contribution in [0.1, 0.15) is 90.4 Å². The minimum atomic E-state index is 0.246. The number of aliphatic hydroxyl groups is 1. The van der Waals surface area contributed by atoms with E-state index in [0.29, 0.717) is 6.17 Å². The van der Waals surface area contributed by atoms with E-state index < -0.39 is 0 Å². The Balaban J connectivity index is 1.78. The number of aliphatic hydroxyl groups excluding tert-OH is 1. The van der Waals surface area contributed by atoms with Crippen LogP contribution in [0, 0.1) is 0 Å². The summed E-state index contributed by atoms with van der Waals surface area (Å²) in [6.45, 7) is 4.03. The molecule has 0 aromatic rings. The quantitative estimate of drug-likeness (QED) is 0.305. The Morgan fingerprint density at radius 2 is 1.54 bits per heavy atom. The molecule has 0 fully saturated rings. The van der Waals surface area contributed by atoms with Gasteiger partial charge in [0.15, 0.2) is 0 Å². The molecule has 0 bridgehead atoms. The van der Waals surface area contributed by atoms with Crippen molar-refractivity contribution in [3.8, 4) is 0 Å². The lowest BCUT2D eigenvalue weighted by Crippen LogP contribution is -2.32. The van der Waals surface area contributed by atoms with E-state index in [0.717, 1.165) is 19.5 Å². The number of β-amino-alcohol motifs (C(OH)–C–C–N with tert-alkyl or cyclic N) is 1. The lowest BCUT2D eigenvalue weighted by Gasteiger charge is -2.21. The molecule has 0 amide bonds. The number of aliphatic imine (C=N–C) groups is 1. The Morgan fingerprint density at radius 3 is 2.12 bits per heavy atom. The van der Waals surface area contributed by atoms with Crippen LogP contribution < -0.4 is 0 Å². The molecule has 1 unspecified atom stereocenters. The summed E-state index contributed by atoms with van der Waals surface area (Å²) < 4.78 is 0. The smallest absolute Gasteiger partial charge is 0.102 e. The van der Waals surface area contributed by atoms with E-state index in [-0.39, 0.29) is 6.61 Å². The van der Waals surface area contributed by atoms with E-state index in [1.807, 2.05) is 6.21 Å². The lowest BCUT2D eigenvalue weighted by molar-refractivity contribution is 0.176. The number of nitrogens with zero attached hydrogens (tertiary/aromatic N) is 2. The molecule has 0 aromatic carbocycles. The third kappa shape index (κ3) is 11.0. The molecule has 0 aliphatic carbocycles. The summed E-state index contributed by atoms with van der Waals surface area (Å²) in [6.07, 6.45) is 24.5. The molecule has 0 aromatic heterocycles. The van der Waals surface area contributed by atoms with Gasteiger partial charge in [0.05, 0.1) is 6.61 Å². The van der Waals surface area contributed by atoms with Crippen molar-refractivity contribution >= 4 is 6.21 Å². The van der Waals surface area contributed by atoms with Crippen LogP contribution in [-0.2, 0) is 0 Å². The first kappa shape index (κ1) is 21.4. The molecule has 1 rings (SSSR count). The van der Waals surface area contributed by atoms with Crippen molar-refractivity contribution in [3.05, 3.63) is 12.2 Å². The molecular weight excluding hydrogens is 296 g/mol. The molecule has 1 atom stereocenters. The van der Waals surface area contributed by atoms with Gasteiger partial charge in [-0.3, -0.25) is 9.89 Å². The van der Waals surface area contributed by atoms with Crippen LogP contribution in [0.15, 0.2) is 17.1 Å². The zero-order chi connectivity index (χ0) is 17.3. The SMILES string of the molecule is C/C=C/CCCCCCCCCCCCCC1N=CCN1CCO. The Hall–Kier alpha value is -0.670. The molecule has 1 heterocycles. The fraction of sp³-hybridized carbons (Fsp3) is 0.857. The van der Waals surface area contributed by atoms with Crippen molar-refractivity contribution in [1.29, 1.82) is 0 Å². The van der Waals surface area contributed by atoms with Gasteiger partial charge in [-0.15, -0.1) is 0 Å². The van der Waals surface area contributed by atoms with Crippen LogP contribution in [-0.4, -0.2) is 42.1 Å². The second-order valence-electron chi connectivity index (χ2n) is 7.07. The fourth-order valence-corrected chi connectivity index (χ4v) is 3.46. The number of hydrogen-bond acceptors (Lipinski definition) is 3. The Bertz CT molecular complexity index is 328. The summed E-state index contributed by atoms with van der Waals surface area (Å²) in [6, 6.07) is 0. The van der Waals surface area contributed by atoms with Crippen molar-refractivity contribution in [3.63, 3.8) is 0 Å². The molecule has 3 heteroatoms. The largest absolute Gasteiger partial charge is 0.395 e. The molecule has 0 radical (unpaired) electrons. The van der Waals surface area contributed by atoms with Gasteiger partial charge in [0.25, 0.3) is 0 Å². The summed E-state index contributed by atoms with van der Waals surface area (Å²) >= 11 is 0. The van der Waals surface area contributed by atoms with Crippen molar-refractivity contribution in [2.75, 3.05) is 19.7 Å². The molecular formula is C21H40N2O. The highest BCUT2D eigenvalue weighted by Crippen LogP contribution is 2.16. The normalized spacial score (nSPS) is 18.2. The number of allylic oxidation sites excluding steroid dienone is 2. The summed E-state index contributed by atoms with van der Waals surface area (Å²) in [5.74, 6) is 0. The van der Waals surface area contributed by atoms with Gasteiger partial charge in [0, 0.05) is 19.3 Å². The van der Waals surface area contributed by atoms with E-state index in [1.54, 1.807) is 0 Å². The highest BCUT2D eigenvalue weighted by molar-refractivity contribution is 5.62. The van der Waals surface area contributed by atoms with Crippen LogP contribution >= 0.6 is 0 Å². The third-order valence-corrected chi connectivity index (χ3v) is 4.97. The lowest BCUT2D eigenvalue weighted by atomic mass is 10.0. The standard InChI is InChI=1S/C21H40N2O/c1-2-3-4-5-6-7-8-9-10-11-12-13-14-15-16-21-22-17-18-23(21)19-20-24/h2-3,17,21,24H,4-16,18-20H2,1H3/b3-2+. The van der Waals surface area contributed by atoms with Gasteiger partial charge in [-0.1, -0.05) is 69.9 Å². The monoisotopic (exact) mass is 336 g/mol. The Kier molecular flexibility index (Phi) is 14.1. The second-order valence-corrected chi connectivity index (χ2v) is 7.07. The third-order valence-electron chi connectivity index (χ3n) is 4.97. The number of unbranched alkanes of at least 4 members (excludes halogenated alkanes) is 11. The zero-order valence-corrected chi connectivity index (χ0v) is 16.0. The zero-order valence-electron chi connectivity index (χ0n) is 16.0. The fourth-order valence-electron chi connectivity index (χ4n) is 3.46. The average molecular weight is 337 g/mol. The number of hydrogen-bond donors (Lipinski definition) is 1. The van der Waals surface area contributed by atoms with Gasteiger partial charge in [0.1, 0.15) is 6.17 Å². The van der Waals surface area contributed by atoms with Gasteiger partial charge in [-0.2, -0.15) is 0 Å². The van der Waals surface area contributed by atoms with E-state index >= 15 is 0 Å². The Labute approximate surface area is 150 Å². The maximum absolute atomic E-state index is 9.04. The predicted octanol–water partition coefficient (Wildman–Crippen LogP) is 5.34. The van der Waals surface area contributed by atoms with Crippen LogP contribution in [0.25, 0.3) is 0 Å². The maximum atomic E-state index is 9.04. The van der Waals surface area contributed by atoms with Crippen molar-refractivity contribution in [2.45, 2.75) is 96.6 Å². The van der Waals surface area contributed by atoms with Gasteiger partial charge in [-0.05, 0) is 32.6 Å². The van der Waals surface area contributed by atoms with Crippen LogP contribution in [0.5, 0.6) is 0 Å². The molecule has 3 nitrogen and oxygen atoms in total. The first-order valence-corrected chi connectivity index (χ1v) is 10.4. The van der Waals surface area contributed by atoms with E-state index in [4.69, 9.17) is 5.11 Å². The average Bonchev–Trinajstić information content (AvgIpc) is 3.03. The van der Waals surface area contributed by atoms with Crippen molar-refractivity contribution in [1.82, 2.24) is 4.90 Å². The highest BCUT2D eigenvalue weighted by Gasteiger charge is 2.19. The van der Waals surface area contributed by atoms with Crippen LogP contribution in [0.2, 0.25) is 0 Å². The first-order valence-electron chi connectivity index (χ1n) is 10.4. The predicted molar refractivity (Wildman–Crippen MR) is 106 cm³/mol. The number of rotatable bonds is 16. The summed E-state index contributed by atoms with van der Waals surface area (Å²) in [5, 5.41) is 9.04. The van der Waals surface area contributed by atoms with E-state index in [2.05, 4.69) is 29.0 Å². The maximum Gasteiger partial charge on any atom is 0.102 e.